The van der Waals surface area contributed by atoms with Crippen LogP contribution in [-0.2, 0) is 18.9 Å². The van der Waals surface area contributed by atoms with Gasteiger partial charge < -0.3 is 18.9 Å². The van der Waals surface area contributed by atoms with Crippen LogP contribution in [0.2, 0.25) is 0 Å². The molecule has 0 amide bonds. The second-order valence-electron chi connectivity index (χ2n) is 8.22. The molecule has 0 bridgehead atoms. The fourth-order valence-electron chi connectivity index (χ4n) is 3.04. The van der Waals surface area contributed by atoms with E-state index in [4.69, 9.17) is 18.9 Å². The summed E-state index contributed by atoms with van der Waals surface area (Å²) in [7, 11) is 0. The molecule has 0 aliphatic carbocycles. The van der Waals surface area contributed by atoms with Crippen LogP contribution in [0.4, 0.5) is 8.78 Å². The van der Waals surface area contributed by atoms with Gasteiger partial charge in [-0.15, -0.1) is 0 Å². The van der Waals surface area contributed by atoms with Crippen molar-refractivity contribution in [1.29, 1.82) is 0 Å². The van der Waals surface area contributed by atoms with E-state index in [0.29, 0.717) is 0 Å². The van der Waals surface area contributed by atoms with Gasteiger partial charge in [0.25, 0.3) is 0 Å². The molecule has 38 heavy (non-hydrogen) atoms. The van der Waals surface area contributed by atoms with E-state index in [-0.39, 0.29) is 35.5 Å². The van der Waals surface area contributed by atoms with Crippen LogP contribution in [0.3, 0.4) is 0 Å². The molecule has 0 heterocycles. The van der Waals surface area contributed by atoms with Gasteiger partial charge in [0.15, 0.2) is 0 Å². The van der Waals surface area contributed by atoms with Crippen LogP contribution in [0.25, 0.3) is 0 Å². The molecule has 0 spiro atoms. The summed E-state index contributed by atoms with van der Waals surface area (Å²) in [6.45, 7) is 2.63. The number of benzene rings is 3. The summed E-state index contributed by atoms with van der Waals surface area (Å²) in [6.07, 6.45) is -1.52. The number of hydrogen-bond acceptors (Lipinski definition) is 8. The smallest absolute Gasteiger partial charge is 0.338 e. The minimum absolute atomic E-state index is 0.153. The molecular formula is C28H24F2O8. The van der Waals surface area contributed by atoms with Crippen LogP contribution < -0.4 is 0 Å². The van der Waals surface area contributed by atoms with Gasteiger partial charge in [-0.25, -0.2) is 28.0 Å². The number of halogens is 2. The lowest BCUT2D eigenvalue weighted by molar-refractivity contribution is 0.00421. The van der Waals surface area contributed by atoms with Gasteiger partial charge in [0.1, 0.15) is 37.1 Å². The zero-order valence-corrected chi connectivity index (χ0v) is 20.5. The van der Waals surface area contributed by atoms with Crippen LogP contribution >= 0.6 is 0 Å². The normalized spacial score (nSPS) is 12.1. The van der Waals surface area contributed by atoms with Crippen LogP contribution in [0.15, 0.2) is 72.8 Å². The third kappa shape index (κ3) is 8.22. The molecule has 198 valence electrons. The van der Waals surface area contributed by atoms with Crippen molar-refractivity contribution in [2.24, 2.45) is 0 Å². The van der Waals surface area contributed by atoms with E-state index in [0.717, 1.165) is 24.3 Å². The molecule has 0 fully saturated rings. The minimum Gasteiger partial charge on any atom is -0.458 e. The molecule has 2 unspecified atom stereocenters. The van der Waals surface area contributed by atoms with Crippen molar-refractivity contribution < 1.29 is 46.9 Å². The highest BCUT2D eigenvalue weighted by molar-refractivity contribution is 5.93. The molecular weight excluding hydrogens is 502 g/mol. The summed E-state index contributed by atoms with van der Waals surface area (Å²) in [4.78, 5) is 48.7. The Labute approximate surface area is 217 Å². The number of hydrogen-bond donors (Lipinski definition) is 0. The van der Waals surface area contributed by atoms with Gasteiger partial charge >= 0.3 is 23.9 Å². The molecule has 0 N–H and O–H groups in total. The minimum atomic E-state index is -0.759. The standard InChI is InChI=1S/C28H24F2O8/c1-17(37-27(33)21-7-11-23(29)12-8-21)15-35-25(31)19-3-5-20(6-4-19)26(32)36-16-18(2)38-28(34)22-9-13-24(30)14-10-22/h3-14,17-18H,15-16H2,1-2H3. The zero-order valence-electron chi connectivity index (χ0n) is 20.5. The first kappa shape index (κ1) is 28.0. The Balaban J connectivity index is 1.42. The lowest BCUT2D eigenvalue weighted by atomic mass is 10.1. The molecule has 3 aromatic carbocycles. The Morgan fingerprint density at radius 2 is 0.789 bits per heavy atom. The van der Waals surface area contributed by atoms with Crippen molar-refractivity contribution in [3.8, 4) is 0 Å². The molecule has 0 aliphatic heterocycles. The maximum atomic E-state index is 13.0. The van der Waals surface area contributed by atoms with Crippen molar-refractivity contribution in [2.45, 2.75) is 26.1 Å². The zero-order chi connectivity index (χ0) is 27.7. The van der Waals surface area contributed by atoms with Gasteiger partial charge in [-0.1, -0.05) is 0 Å². The summed E-state index contributed by atoms with van der Waals surface area (Å²) in [6, 6.07) is 15.1. The van der Waals surface area contributed by atoms with Gasteiger partial charge in [0.05, 0.1) is 22.3 Å². The molecule has 0 radical (unpaired) electrons. The van der Waals surface area contributed by atoms with Gasteiger partial charge in [-0.3, -0.25) is 0 Å². The Morgan fingerprint density at radius 1 is 0.526 bits per heavy atom. The predicted molar refractivity (Wildman–Crippen MR) is 130 cm³/mol. The van der Waals surface area contributed by atoms with E-state index in [1.54, 1.807) is 0 Å². The monoisotopic (exact) mass is 526 g/mol. The van der Waals surface area contributed by atoms with E-state index in [1.807, 2.05) is 0 Å². The van der Waals surface area contributed by atoms with E-state index >= 15 is 0 Å². The summed E-state index contributed by atoms with van der Waals surface area (Å²) in [5.74, 6) is -3.73. The van der Waals surface area contributed by atoms with Crippen molar-refractivity contribution in [2.75, 3.05) is 13.2 Å². The molecule has 3 rings (SSSR count). The van der Waals surface area contributed by atoms with Crippen molar-refractivity contribution >= 4 is 23.9 Å². The lowest BCUT2D eigenvalue weighted by Gasteiger charge is -2.14. The molecule has 0 saturated carbocycles. The number of ether oxygens (including phenoxy) is 4. The molecule has 8 nitrogen and oxygen atoms in total. The second kappa shape index (κ2) is 13.1. The van der Waals surface area contributed by atoms with Crippen LogP contribution in [0.1, 0.15) is 55.3 Å². The van der Waals surface area contributed by atoms with Gasteiger partial charge in [-0.05, 0) is 86.6 Å². The molecule has 0 aromatic heterocycles. The summed E-state index contributed by atoms with van der Waals surface area (Å²) in [5.41, 5.74) is 0.625. The second-order valence-corrected chi connectivity index (χ2v) is 8.22. The first-order chi connectivity index (χ1) is 18.1. The third-order valence-corrected chi connectivity index (χ3v) is 5.03. The van der Waals surface area contributed by atoms with Gasteiger partial charge in [0, 0.05) is 0 Å². The highest BCUT2D eigenvalue weighted by Gasteiger charge is 2.17. The van der Waals surface area contributed by atoms with Gasteiger partial charge in [0.2, 0.25) is 0 Å². The fraction of sp³-hybridized carbons (Fsp3) is 0.214. The van der Waals surface area contributed by atoms with Crippen molar-refractivity contribution in [3.05, 3.63) is 107 Å². The number of rotatable bonds is 10. The van der Waals surface area contributed by atoms with E-state index in [1.165, 1.54) is 62.4 Å². The first-order valence-electron chi connectivity index (χ1n) is 11.5. The number of carbonyl (C=O) groups is 4. The SMILES string of the molecule is CC(COC(=O)c1ccc(C(=O)OCC(C)OC(=O)c2ccc(F)cc2)cc1)OC(=O)c1ccc(F)cc1. The highest BCUT2D eigenvalue weighted by Crippen LogP contribution is 2.11. The highest BCUT2D eigenvalue weighted by atomic mass is 19.1. The number of carbonyl (C=O) groups excluding carboxylic acids is 4. The van der Waals surface area contributed by atoms with Crippen molar-refractivity contribution in [1.82, 2.24) is 0 Å². The fourth-order valence-corrected chi connectivity index (χ4v) is 3.04. The van der Waals surface area contributed by atoms with Crippen molar-refractivity contribution in [3.63, 3.8) is 0 Å². The topological polar surface area (TPSA) is 105 Å². The molecule has 0 saturated heterocycles. The Morgan fingerprint density at radius 3 is 1.11 bits per heavy atom. The summed E-state index contributed by atoms with van der Waals surface area (Å²) in [5, 5.41) is 0. The molecule has 0 aliphatic rings. The van der Waals surface area contributed by atoms with E-state index in [9.17, 15) is 28.0 Å². The Kier molecular flexibility index (Phi) is 9.64. The van der Waals surface area contributed by atoms with Crippen LogP contribution in [-0.4, -0.2) is 49.3 Å². The maximum Gasteiger partial charge on any atom is 0.338 e. The largest absolute Gasteiger partial charge is 0.458 e. The maximum absolute atomic E-state index is 13.0. The third-order valence-electron chi connectivity index (χ3n) is 5.03. The summed E-state index contributed by atoms with van der Waals surface area (Å²) >= 11 is 0. The molecule has 3 aromatic rings. The average Bonchev–Trinajstić information content (AvgIpc) is 2.91. The van der Waals surface area contributed by atoms with Crippen LogP contribution in [0, 0.1) is 11.6 Å². The Hall–Kier alpha value is -4.60. The Bertz CT molecular complexity index is 1170. The van der Waals surface area contributed by atoms with E-state index < -0.39 is 47.7 Å². The summed E-state index contributed by atoms with van der Waals surface area (Å²) < 4.78 is 46.6. The predicted octanol–water partition coefficient (Wildman–Crippen LogP) is 4.77. The molecule has 10 heteroatoms. The van der Waals surface area contributed by atoms with E-state index in [2.05, 4.69) is 0 Å². The van der Waals surface area contributed by atoms with Gasteiger partial charge in [-0.2, -0.15) is 0 Å². The lowest BCUT2D eigenvalue weighted by Crippen LogP contribution is -2.23. The van der Waals surface area contributed by atoms with Crippen LogP contribution in [0.5, 0.6) is 0 Å². The number of esters is 4. The average molecular weight is 526 g/mol. The molecule has 2 atom stereocenters. The first-order valence-corrected chi connectivity index (χ1v) is 11.5. The quantitative estimate of drug-likeness (QED) is 0.275.